The van der Waals surface area contributed by atoms with Gasteiger partial charge in [0.1, 0.15) is 0 Å². The van der Waals surface area contributed by atoms with Gasteiger partial charge in [0.25, 0.3) is 0 Å². The monoisotopic (exact) mass is 688 g/mol. The number of para-hydroxylation sites is 4. The third kappa shape index (κ3) is 4.78. The second-order valence-corrected chi connectivity index (χ2v) is 13.8. The highest BCUT2D eigenvalue weighted by Crippen LogP contribution is 2.38. The molecule has 0 N–H and O–H groups in total. The van der Waals surface area contributed by atoms with Gasteiger partial charge in [-0.15, -0.1) is 0 Å². The molecule has 8 aromatic carbocycles. The average molecular weight is 689 g/mol. The highest BCUT2D eigenvalue weighted by Gasteiger charge is 2.17. The molecule has 0 amide bonds. The van der Waals surface area contributed by atoms with Gasteiger partial charge in [-0.2, -0.15) is 0 Å². The van der Waals surface area contributed by atoms with Crippen LogP contribution < -0.4 is 0 Å². The van der Waals surface area contributed by atoms with E-state index in [-0.39, 0.29) is 0 Å². The molecule has 0 fully saturated rings. The summed E-state index contributed by atoms with van der Waals surface area (Å²) >= 11 is 0. The van der Waals surface area contributed by atoms with Crippen LogP contribution in [0.4, 0.5) is 0 Å². The van der Waals surface area contributed by atoms with Crippen molar-refractivity contribution in [1.82, 2.24) is 19.1 Å². The molecule has 0 unspecified atom stereocenters. The minimum absolute atomic E-state index is 0.707. The first-order valence-corrected chi connectivity index (χ1v) is 18.3. The summed E-state index contributed by atoms with van der Waals surface area (Å²) in [6.07, 6.45) is 0. The Morgan fingerprint density at radius 2 is 0.741 bits per heavy atom. The molecule has 11 aromatic rings. The molecule has 54 heavy (non-hydrogen) atoms. The molecule has 0 aliphatic rings. The van der Waals surface area contributed by atoms with Gasteiger partial charge in [-0.25, -0.2) is 9.97 Å². The van der Waals surface area contributed by atoms with Crippen molar-refractivity contribution in [1.29, 1.82) is 0 Å². The molecule has 0 saturated heterocycles. The van der Waals surface area contributed by atoms with Crippen LogP contribution in [0.3, 0.4) is 0 Å². The van der Waals surface area contributed by atoms with E-state index in [0.29, 0.717) is 5.82 Å². The first-order chi connectivity index (χ1) is 26.8. The first kappa shape index (κ1) is 30.3. The smallest absolute Gasteiger partial charge is 0.160 e. The number of rotatable bonds is 5. The summed E-state index contributed by atoms with van der Waals surface area (Å²) < 4.78 is 4.70. The van der Waals surface area contributed by atoms with Crippen molar-refractivity contribution < 1.29 is 0 Å². The van der Waals surface area contributed by atoms with Crippen molar-refractivity contribution in [2.24, 2.45) is 0 Å². The third-order valence-electron chi connectivity index (χ3n) is 10.7. The van der Waals surface area contributed by atoms with Gasteiger partial charge < -0.3 is 9.13 Å². The number of fused-ring (bicyclic) bond motifs is 7. The van der Waals surface area contributed by atoms with Gasteiger partial charge in [0.15, 0.2) is 5.82 Å². The zero-order valence-electron chi connectivity index (χ0n) is 29.3. The fraction of sp³-hybridized carbons (Fsp3) is 0. The summed E-state index contributed by atoms with van der Waals surface area (Å²) in [5.74, 6) is 0.707. The lowest BCUT2D eigenvalue weighted by atomic mass is 10.0. The Morgan fingerprint density at radius 1 is 0.296 bits per heavy atom. The molecule has 0 radical (unpaired) electrons. The summed E-state index contributed by atoms with van der Waals surface area (Å²) in [7, 11) is 0. The van der Waals surface area contributed by atoms with E-state index in [1.165, 1.54) is 49.2 Å². The van der Waals surface area contributed by atoms with Gasteiger partial charge in [-0.1, -0.05) is 121 Å². The Bertz CT molecular complexity index is 3140. The molecule has 3 heterocycles. The molecule has 0 atom stereocenters. The van der Waals surface area contributed by atoms with Gasteiger partial charge in [0.05, 0.1) is 33.3 Å². The van der Waals surface area contributed by atoms with Gasteiger partial charge in [-0.3, -0.25) is 0 Å². The number of aromatic nitrogens is 4. The molecule has 4 heteroatoms. The van der Waals surface area contributed by atoms with E-state index in [2.05, 4.69) is 197 Å². The van der Waals surface area contributed by atoms with Gasteiger partial charge in [0.2, 0.25) is 0 Å². The highest BCUT2D eigenvalue weighted by atomic mass is 15.0. The van der Waals surface area contributed by atoms with Crippen LogP contribution in [0.2, 0.25) is 0 Å². The van der Waals surface area contributed by atoms with Crippen LogP contribution in [0.25, 0.3) is 99.7 Å². The summed E-state index contributed by atoms with van der Waals surface area (Å²) in [5.41, 5.74) is 13.3. The topological polar surface area (TPSA) is 35.6 Å². The standard InChI is InChI=1S/C50H32N4/c1-2-12-33(13-3-1)34-22-27-37(28-23-34)54-47-21-11-7-16-41(47)43-32-36(26-31-48(43)54)49-42-17-4-8-18-44(42)51-50(52-49)35-24-29-38(30-25-35)53-45-19-9-5-14-39(45)40-15-6-10-20-46(40)53/h1-32H. The van der Waals surface area contributed by atoms with Crippen LogP contribution in [-0.2, 0) is 0 Å². The Balaban J connectivity index is 1.03. The maximum Gasteiger partial charge on any atom is 0.160 e. The predicted molar refractivity (Wildman–Crippen MR) is 225 cm³/mol. The number of nitrogens with zero attached hydrogens (tertiary/aromatic N) is 4. The molecular formula is C50H32N4. The average Bonchev–Trinajstić information content (AvgIpc) is 3.76. The molecular weight excluding hydrogens is 657 g/mol. The Morgan fingerprint density at radius 3 is 1.35 bits per heavy atom. The highest BCUT2D eigenvalue weighted by molar-refractivity contribution is 6.11. The maximum atomic E-state index is 5.30. The van der Waals surface area contributed by atoms with Crippen molar-refractivity contribution in [3.8, 4) is 45.1 Å². The third-order valence-corrected chi connectivity index (χ3v) is 10.7. The fourth-order valence-electron chi connectivity index (χ4n) is 8.22. The number of hydrogen-bond acceptors (Lipinski definition) is 2. The van der Waals surface area contributed by atoms with E-state index in [4.69, 9.17) is 9.97 Å². The van der Waals surface area contributed by atoms with E-state index >= 15 is 0 Å². The molecule has 0 aliphatic carbocycles. The van der Waals surface area contributed by atoms with E-state index in [1.807, 2.05) is 6.07 Å². The molecule has 252 valence electrons. The van der Waals surface area contributed by atoms with Gasteiger partial charge in [0, 0.05) is 49.4 Å². The lowest BCUT2D eigenvalue weighted by Gasteiger charge is -2.12. The van der Waals surface area contributed by atoms with Crippen molar-refractivity contribution in [2.75, 3.05) is 0 Å². The van der Waals surface area contributed by atoms with Crippen molar-refractivity contribution in [3.05, 3.63) is 194 Å². The second kappa shape index (κ2) is 12.1. The van der Waals surface area contributed by atoms with E-state index in [9.17, 15) is 0 Å². The summed E-state index contributed by atoms with van der Waals surface area (Å²) in [4.78, 5) is 10.4. The minimum Gasteiger partial charge on any atom is -0.309 e. The second-order valence-electron chi connectivity index (χ2n) is 13.8. The van der Waals surface area contributed by atoms with Gasteiger partial charge >= 0.3 is 0 Å². The van der Waals surface area contributed by atoms with Crippen LogP contribution in [-0.4, -0.2) is 19.1 Å². The van der Waals surface area contributed by atoms with Crippen molar-refractivity contribution in [2.45, 2.75) is 0 Å². The number of hydrogen-bond donors (Lipinski definition) is 0. The maximum absolute atomic E-state index is 5.30. The summed E-state index contributed by atoms with van der Waals surface area (Å²) in [5, 5.41) is 5.93. The Kier molecular flexibility index (Phi) is 6.82. The lowest BCUT2D eigenvalue weighted by molar-refractivity contribution is 1.17. The normalized spacial score (nSPS) is 11.7. The van der Waals surface area contributed by atoms with E-state index < -0.39 is 0 Å². The van der Waals surface area contributed by atoms with Crippen molar-refractivity contribution >= 4 is 54.5 Å². The van der Waals surface area contributed by atoms with Crippen LogP contribution in [0.1, 0.15) is 0 Å². The molecule has 11 rings (SSSR count). The van der Waals surface area contributed by atoms with Gasteiger partial charge in [-0.05, 0) is 83.9 Å². The summed E-state index contributed by atoms with van der Waals surface area (Å²) in [6, 6.07) is 69.0. The quantitative estimate of drug-likeness (QED) is 0.180. The minimum atomic E-state index is 0.707. The van der Waals surface area contributed by atoms with E-state index in [0.717, 1.165) is 44.6 Å². The SMILES string of the molecule is c1ccc(-c2ccc(-n3c4ccccc4c4cc(-c5nc(-c6ccc(-n7c8ccccc8c8ccccc87)cc6)nc6ccccc56)ccc43)cc2)cc1. The molecule has 0 spiro atoms. The zero-order chi connectivity index (χ0) is 35.6. The zero-order valence-corrected chi connectivity index (χ0v) is 29.3. The lowest BCUT2D eigenvalue weighted by Crippen LogP contribution is -1.97. The van der Waals surface area contributed by atoms with Crippen LogP contribution in [0.15, 0.2) is 194 Å². The number of benzene rings is 8. The van der Waals surface area contributed by atoms with Crippen molar-refractivity contribution in [3.63, 3.8) is 0 Å². The molecule has 4 nitrogen and oxygen atoms in total. The fourth-order valence-corrected chi connectivity index (χ4v) is 8.22. The molecule has 0 bridgehead atoms. The Labute approximate surface area is 311 Å². The molecule has 0 aliphatic heterocycles. The first-order valence-electron chi connectivity index (χ1n) is 18.3. The van der Waals surface area contributed by atoms with Crippen LogP contribution in [0.5, 0.6) is 0 Å². The van der Waals surface area contributed by atoms with Crippen LogP contribution >= 0.6 is 0 Å². The summed E-state index contributed by atoms with van der Waals surface area (Å²) in [6.45, 7) is 0. The van der Waals surface area contributed by atoms with E-state index in [1.54, 1.807) is 0 Å². The predicted octanol–water partition coefficient (Wildman–Crippen LogP) is 12.8. The molecule has 3 aromatic heterocycles. The molecule has 0 saturated carbocycles. The Hall–Kier alpha value is -7.30. The largest absolute Gasteiger partial charge is 0.309 e. The van der Waals surface area contributed by atoms with Crippen LogP contribution in [0, 0.1) is 0 Å².